The maximum atomic E-state index is 2.43. The largest absolute Gasteiger partial charge is 0.0625 e. The first kappa shape index (κ1) is 9.09. The van der Waals surface area contributed by atoms with Gasteiger partial charge in [-0.25, -0.2) is 0 Å². The molecule has 0 bridgehead atoms. The Bertz CT molecular complexity index is 115. The minimum absolute atomic E-state index is 0.900. The lowest BCUT2D eigenvalue weighted by atomic mass is 9.71. The highest BCUT2D eigenvalue weighted by atomic mass is 14.3. The molecule has 0 aromatic rings. The number of hydrogen-bond acceptors (Lipinski definition) is 0. The Morgan fingerprint density at radius 3 is 2.18 bits per heavy atom. The monoisotopic (exact) mass is 154 g/mol. The molecular formula is C11H22. The molecule has 0 spiro atoms. The lowest BCUT2D eigenvalue weighted by Crippen LogP contribution is -2.25. The molecule has 1 aliphatic rings. The highest BCUT2D eigenvalue weighted by Crippen LogP contribution is 2.37. The molecule has 0 heteroatoms. The zero-order valence-corrected chi connectivity index (χ0v) is 8.43. The van der Waals surface area contributed by atoms with E-state index in [1.807, 2.05) is 0 Å². The van der Waals surface area contributed by atoms with E-state index < -0.39 is 0 Å². The quantitative estimate of drug-likeness (QED) is 0.540. The van der Waals surface area contributed by atoms with Gasteiger partial charge in [-0.3, -0.25) is 0 Å². The van der Waals surface area contributed by atoms with E-state index in [-0.39, 0.29) is 0 Å². The maximum Gasteiger partial charge on any atom is -0.0365 e. The van der Waals surface area contributed by atoms with E-state index in [2.05, 4.69) is 27.7 Å². The summed E-state index contributed by atoms with van der Waals surface area (Å²) >= 11 is 0. The summed E-state index contributed by atoms with van der Waals surface area (Å²) in [5.41, 5.74) is 0. The summed E-state index contributed by atoms with van der Waals surface area (Å²) in [6.45, 7) is 9.57. The van der Waals surface area contributed by atoms with Crippen LogP contribution >= 0.6 is 0 Å². The van der Waals surface area contributed by atoms with Crippen molar-refractivity contribution in [3.8, 4) is 0 Å². The van der Waals surface area contributed by atoms with E-state index in [9.17, 15) is 0 Å². The fraction of sp³-hybridized carbons (Fsp3) is 1.00. The highest BCUT2D eigenvalue weighted by Gasteiger charge is 2.26. The van der Waals surface area contributed by atoms with Crippen molar-refractivity contribution < 1.29 is 0 Å². The zero-order valence-electron chi connectivity index (χ0n) is 8.43. The van der Waals surface area contributed by atoms with Crippen LogP contribution in [0.15, 0.2) is 0 Å². The SMILES string of the molecule is CC(C)C1CC[C@@H](C)C[C@H]1C. The lowest BCUT2D eigenvalue weighted by Gasteiger charge is -2.35. The first-order valence-electron chi connectivity index (χ1n) is 5.11. The van der Waals surface area contributed by atoms with Gasteiger partial charge in [-0.2, -0.15) is 0 Å². The van der Waals surface area contributed by atoms with Crippen molar-refractivity contribution in [1.29, 1.82) is 0 Å². The minimum Gasteiger partial charge on any atom is -0.0625 e. The van der Waals surface area contributed by atoms with Gasteiger partial charge < -0.3 is 0 Å². The van der Waals surface area contributed by atoms with Crippen LogP contribution in [0.2, 0.25) is 0 Å². The summed E-state index contributed by atoms with van der Waals surface area (Å²) in [7, 11) is 0. The van der Waals surface area contributed by atoms with Crippen molar-refractivity contribution in [3.63, 3.8) is 0 Å². The van der Waals surface area contributed by atoms with Crippen molar-refractivity contribution in [2.75, 3.05) is 0 Å². The molecule has 1 rings (SSSR count). The second-order valence-corrected chi connectivity index (χ2v) is 4.80. The van der Waals surface area contributed by atoms with Gasteiger partial charge >= 0.3 is 0 Å². The molecule has 0 aliphatic heterocycles. The van der Waals surface area contributed by atoms with Crippen LogP contribution in [-0.4, -0.2) is 0 Å². The van der Waals surface area contributed by atoms with Gasteiger partial charge in [-0.05, 0) is 36.5 Å². The average molecular weight is 154 g/mol. The first-order valence-corrected chi connectivity index (χ1v) is 5.11. The van der Waals surface area contributed by atoms with Gasteiger partial charge in [0.15, 0.2) is 0 Å². The molecule has 1 unspecified atom stereocenters. The summed E-state index contributed by atoms with van der Waals surface area (Å²) in [6, 6.07) is 0. The molecule has 1 fully saturated rings. The predicted octanol–water partition coefficient (Wildman–Crippen LogP) is 3.71. The first-order chi connectivity index (χ1) is 5.11. The third-order valence-electron chi connectivity index (χ3n) is 3.35. The molecule has 0 aromatic carbocycles. The Balaban J connectivity index is 2.44. The Hall–Kier alpha value is 0. The van der Waals surface area contributed by atoms with Gasteiger partial charge in [0.1, 0.15) is 0 Å². The molecule has 0 nitrogen and oxygen atoms in total. The van der Waals surface area contributed by atoms with Crippen LogP contribution in [0, 0.1) is 23.7 Å². The van der Waals surface area contributed by atoms with E-state index in [4.69, 9.17) is 0 Å². The van der Waals surface area contributed by atoms with Crippen LogP contribution in [0.1, 0.15) is 47.0 Å². The third kappa shape index (κ3) is 2.21. The van der Waals surface area contributed by atoms with Crippen LogP contribution in [0.5, 0.6) is 0 Å². The Morgan fingerprint density at radius 1 is 1.09 bits per heavy atom. The normalized spacial score (nSPS) is 39.5. The van der Waals surface area contributed by atoms with Crippen molar-refractivity contribution in [3.05, 3.63) is 0 Å². The summed E-state index contributed by atoms with van der Waals surface area (Å²) < 4.78 is 0. The molecule has 0 aromatic heterocycles. The van der Waals surface area contributed by atoms with E-state index in [1.165, 1.54) is 19.3 Å². The van der Waals surface area contributed by atoms with Gasteiger partial charge in [0.25, 0.3) is 0 Å². The van der Waals surface area contributed by atoms with Gasteiger partial charge in [0.05, 0.1) is 0 Å². The molecule has 0 saturated heterocycles. The van der Waals surface area contributed by atoms with Crippen LogP contribution in [0.25, 0.3) is 0 Å². The summed E-state index contributed by atoms with van der Waals surface area (Å²) in [5, 5.41) is 0. The summed E-state index contributed by atoms with van der Waals surface area (Å²) in [4.78, 5) is 0. The molecule has 1 aliphatic carbocycles. The van der Waals surface area contributed by atoms with Gasteiger partial charge in [0, 0.05) is 0 Å². The third-order valence-corrected chi connectivity index (χ3v) is 3.35. The fourth-order valence-electron chi connectivity index (χ4n) is 2.68. The van der Waals surface area contributed by atoms with Crippen LogP contribution in [0.3, 0.4) is 0 Å². The molecule has 0 heterocycles. The molecule has 0 N–H and O–H groups in total. The van der Waals surface area contributed by atoms with E-state index >= 15 is 0 Å². The molecule has 3 atom stereocenters. The van der Waals surface area contributed by atoms with Crippen LogP contribution in [0.4, 0.5) is 0 Å². The lowest BCUT2D eigenvalue weighted by molar-refractivity contribution is 0.158. The van der Waals surface area contributed by atoms with Crippen molar-refractivity contribution in [1.82, 2.24) is 0 Å². The second kappa shape index (κ2) is 3.60. The van der Waals surface area contributed by atoms with Crippen LogP contribution in [-0.2, 0) is 0 Å². The van der Waals surface area contributed by atoms with Crippen molar-refractivity contribution in [2.45, 2.75) is 47.0 Å². The molecule has 66 valence electrons. The van der Waals surface area contributed by atoms with Gasteiger partial charge in [-0.15, -0.1) is 0 Å². The van der Waals surface area contributed by atoms with Crippen LogP contribution < -0.4 is 0 Å². The molecule has 0 radical (unpaired) electrons. The number of rotatable bonds is 1. The molecule has 0 amide bonds. The Morgan fingerprint density at radius 2 is 1.73 bits per heavy atom. The van der Waals surface area contributed by atoms with E-state index in [1.54, 1.807) is 0 Å². The average Bonchev–Trinajstić information content (AvgIpc) is 1.85. The standard InChI is InChI=1S/C11H22/c1-8(2)11-6-5-9(3)7-10(11)4/h8-11H,5-7H2,1-4H3/t9-,10-,11?/m1/s1. The Labute approximate surface area is 71.4 Å². The summed E-state index contributed by atoms with van der Waals surface area (Å²) in [6.07, 6.45) is 4.40. The van der Waals surface area contributed by atoms with Crippen molar-refractivity contribution >= 4 is 0 Å². The van der Waals surface area contributed by atoms with Crippen molar-refractivity contribution in [2.24, 2.45) is 23.7 Å². The fourth-order valence-corrected chi connectivity index (χ4v) is 2.68. The Kier molecular flexibility index (Phi) is 2.98. The topological polar surface area (TPSA) is 0 Å². The van der Waals surface area contributed by atoms with E-state index in [0.717, 1.165) is 23.7 Å². The van der Waals surface area contributed by atoms with E-state index in [0.29, 0.717) is 0 Å². The zero-order chi connectivity index (χ0) is 8.43. The number of hydrogen-bond donors (Lipinski definition) is 0. The summed E-state index contributed by atoms with van der Waals surface area (Å²) in [5.74, 6) is 3.86. The second-order valence-electron chi connectivity index (χ2n) is 4.80. The van der Waals surface area contributed by atoms with Gasteiger partial charge in [0.2, 0.25) is 0 Å². The molecule has 1 saturated carbocycles. The minimum atomic E-state index is 0.900. The maximum absolute atomic E-state index is 2.43. The molecular weight excluding hydrogens is 132 g/mol. The smallest absolute Gasteiger partial charge is 0.0365 e. The molecule has 11 heavy (non-hydrogen) atoms. The predicted molar refractivity (Wildman–Crippen MR) is 50.5 cm³/mol. The van der Waals surface area contributed by atoms with Gasteiger partial charge in [-0.1, -0.05) is 34.1 Å². The highest BCUT2D eigenvalue weighted by molar-refractivity contribution is 4.77.